The van der Waals surface area contributed by atoms with Crippen molar-refractivity contribution >= 4 is 28.9 Å². The van der Waals surface area contributed by atoms with Crippen molar-refractivity contribution < 1.29 is 9.53 Å². The van der Waals surface area contributed by atoms with Crippen LogP contribution >= 0.6 is 0 Å². The van der Waals surface area contributed by atoms with Crippen molar-refractivity contribution in [2.45, 2.75) is 25.9 Å². The molecule has 3 N–H and O–H groups in total. The largest absolute Gasteiger partial charge is 0.467 e. The molecule has 1 aliphatic carbocycles. The number of anilines is 2. The van der Waals surface area contributed by atoms with Crippen molar-refractivity contribution in [3.05, 3.63) is 53.7 Å². The number of imidazole rings is 1. The fourth-order valence-corrected chi connectivity index (χ4v) is 4.46. The minimum Gasteiger partial charge on any atom is -0.467 e. The van der Waals surface area contributed by atoms with Crippen molar-refractivity contribution in [3.8, 4) is 17.0 Å². The quantitative estimate of drug-likeness (QED) is 0.569. The van der Waals surface area contributed by atoms with Gasteiger partial charge in [-0.05, 0) is 42.7 Å². The Morgan fingerprint density at radius 2 is 2.13 bits per heavy atom. The monoisotopic (exact) mass is 399 g/mol. The molecule has 1 saturated carbocycles. The zero-order valence-corrected chi connectivity index (χ0v) is 16.7. The topological polar surface area (TPSA) is 91.9 Å². The van der Waals surface area contributed by atoms with Crippen LogP contribution in [0, 0.1) is 12.8 Å². The highest BCUT2D eigenvalue weighted by atomic mass is 16.5. The average Bonchev–Trinajstić information content (AvgIpc) is 3.10. The summed E-state index contributed by atoms with van der Waals surface area (Å²) in [6, 6.07) is 5.99. The van der Waals surface area contributed by atoms with Gasteiger partial charge in [0.15, 0.2) is 0 Å². The maximum atomic E-state index is 12.5. The van der Waals surface area contributed by atoms with E-state index in [0.29, 0.717) is 23.2 Å². The molecule has 1 amide bonds. The zero-order chi connectivity index (χ0) is 20.5. The molecule has 2 atom stereocenters. The van der Waals surface area contributed by atoms with Gasteiger partial charge in [-0.25, -0.2) is 9.97 Å². The molecule has 3 aliphatic rings. The van der Waals surface area contributed by atoms with Gasteiger partial charge in [-0.3, -0.25) is 4.79 Å². The van der Waals surface area contributed by atoms with Gasteiger partial charge in [-0.15, -0.1) is 0 Å². The third kappa shape index (κ3) is 2.48. The van der Waals surface area contributed by atoms with Crippen molar-refractivity contribution in [2.24, 2.45) is 5.92 Å². The van der Waals surface area contributed by atoms with Gasteiger partial charge in [0.05, 0.1) is 12.1 Å². The summed E-state index contributed by atoms with van der Waals surface area (Å²) >= 11 is 0. The molecule has 6 rings (SSSR count). The molecule has 0 saturated heterocycles. The van der Waals surface area contributed by atoms with E-state index >= 15 is 0 Å². The van der Waals surface area contributed by atoms with E-state index in [9.17, 15) is 4.79 Å². The summed E-state index contributed by atoms with van der Waals surface area (Å²) < 4.78 is 6.23. The second-order valence-electron chi connectivity index (χ2n) is 8.35. The molecular formula is C23H21N5O2. The third-order valence-corrected chi connectivity index (χ3v) is 6.47. The maximum absolute atomic E-state index is 12.5. The number of pyridine rings is 1. The van der Waals surface area contributed by atoms with Crippen LogP contribution in [0.2, 0.25) is 0 Å². The van der Waals surface area contributed by atoms with Crippen LogP contribution in [-0.4, -0.2) is 33.0 Å². The van der Waals surface area contributed by atoms with Crippen LogP contribution in [0.25, 0.3) is 22.8 Å². The highest BCUT2D eigenvalue weighted by Gasteiger charge is 2.56. The number of benzene rings is 1. The summed E-state index contributed by atoms with van der Waals surface area (Å²) in [5.41, 5.74) is 6.25. The number of hydrogen-bond donors (Lipinski definition) is 3. The van der Waals surface area contributed by atoms with E-state index in [1.54, 1.807) is 18.5 Å². The number of ether oxygens (including phenoxy) is 1. The zero-order valence-electron chi connectivity index (χ0n) is 16.7. The molecule has 1 spiro atoms. The lowest BCUT2D eigenvalue weighted by atomic mass is 9.96. The number of aromatic amines is 1. The van der Waals surface area contributed by atoms with E-state index in [2.05, 4.69) is 39.4 Å². The lowest BCUT2D eigenvalue weighted by Crippen LogP contribution is -2.35. The molecule has 7 nitrogen and oxygen atoms in total. The van der Waals surface area contributed by atoms with Crippen molar-refractivity contribution in [1.82, 2.24) is 15.0 Å². The first-order valence-electron chi connectivity index (χ1n) is 10.1. The highest BCUT2D eigenvalue weighted by molar-refractivity contribution is 6.35. The van der Waals surface area contributed by atoms with E-state index in [-0.39, 0.29) is 11.5 Å². The first kappa shape index (κ1) is 17.3. The Hall–Kier alpha value is -3.61. The fourth-order valence-electron chi connectivity index (χ4n) is 4.46. The highest BCUT2D eigenvalue weighted by Crippen LogP contribution is 2.51. The van der Waals surface area contributed by atoms with Gasteiger partial charge in [0.2, 0.25) is 5.88 Å². The van der Waals surface area contributed by atoms with Crippen LogP contribution in [0.3, 0.4) is 0 Å². The molecule has 1 fully saturated rings. The normalized spacial score (nSPS) is 24.8. The van der Waals surface area contributed by atoms with Crippen LogP contribution < -0.4 is 15.4 Å². The second-order valence-corrected chi connectivity index (χ2v) is 8.35. The summed E-state index contributed by atoms with van der Waals surface area (Å²) in [6.45, 7) is 5.10. The second kappa shape index (κ2) is 5.95. The van der Waals surface area contributed by atoms with Crippen LogP contribution in [0.4, 0.5) is 11.4 Å². The van der Waals surface area contributed by atoms with E-state index in [0.717, 1.165) is 46.6 Å². The summed E-state index contributed by atoms with van der Waals surface area (Å²) in [6.07, 6.45) is 8.11. The van der Waals surface area contributed by atoms with Crippen molar-refractivity contribution in [3.63, 3.8) is 0 Å². The van der Waals surface area contributed by atoms with E-state index in [1.807, 2.05) is 24.4 Å². The van der Waals surface area contributed by atoms with E-state index in [1.165, 1.54) is 0 Å². The first-order chi connectivity index (χ1) is 14.5. The molecule has 0 bridgehead atoms. The lowest BCUT2D eigenvalue weighted by Gasteiger charge is -2.29. The van der Waals surface area contributed by atoms with Gasteiger partial charge >= 0.3 is 0 Å². The summed E-state index contributed by atoms with van der Waals surface area (Å²) in [7, 11) is 0. The Morgan fingerprint density at radius 1 is 1.27 bits per heavy atom. The summed E-state index contributed by atoms with van der Waals surface area (Å²) in [4.78, 5) is 24.3. The smallest absolute Gasteiger partial charge is 0.256 e. The SMILES string of the molecule is Cc1c(-c2ccc3c(c2)/C(=C/c2ncc[nH]2)C(=O)N3)cnc2c1NCC1(CC1C)O2. The number of aromatic nitrogens is 3. The van der Waals surface area contributed by atoms with Gasteiger partial charge in [0, 0.05) is 41.3 Å². The number of carbonyl (C=O) groups is 1. The molecule has 150 valence electrons. The Morgan fingerprint density at radius 3 is 2.90 bits per heavy atom. The number of fused-ring (bicyclic) bond motifs is 2. The molecule has 2 aromatic heterocycles. The van der Waals surface area contributed by atoms with E-state index in [4.69, 9.17) is 4.74 Å². The summed E-state index contributed by atoms with van der Waals surface area (Å²) in [5, 5.41) is 6.47. The van der Waals surface area contributed by atoms with Gasteiger partial charge in [0.1, 0.15) is 17.1 Å². The minimum atomic E-state index is -0.127. The predicted molar refractivity (Wildman–Crippen MR) is 115 cm³/mol. The lowest BCUT2D eigenvalue weighted by molar-refractivity contribution is -0.110. The third-order valence-electron chi connectivity index (χ3n) is 6.47. The Labute approximate surface area is 173 Å². The molecule has 2 unspecified atom stereocenters. The molecular weight excluding hydrogens is 378 g/mol. The van der Waals surface area contributed by atoms with E-state index < -0.39 is 0 Å². The number of nitrogens with zero attached hydrogens (tertiary/aromatic N) is 2. The Bertz CT molecular complexity index is 1230. The molecule has 30 heavy (non-hydrogen) atoms. The van der Waals surface area contributed by atoms with Gasteiger partial charge < -0.3 is 20.4 Å². The predicted octanol–water partition coefficient (Wildman–Crippen LogP) is 3.86. The number of carbonyl (C=O) groups excluding carboxylic acids is 1. The van der Waals surface area contributed by atoms with Crippen LogP contribution in [0.15, 0.2) is 36.8 Å². The number of nitrogens with one attached hydrogen (secondary N) is 3. The number of amides is 1. The van der Waals surface area contributed by atoms with Gasteiger partial charge in [-0.1, -0.05) is 13.0 Å². The molecule has 7 heteroatoms. The van der Waals surface area contributed by atoms with Crippen LogP contribution in [-0.2, 0) is 4.79 Å². The van der Waals surface area contributed by atoms with Gasteiger partial charge in [0.25, 0.3) is 5.91 Å². The molecule has 3 aromatic rings. The maximum Gasteiger partial charge on any atom is 0.256 e. The molecule has 2 aliphatic heterocycles. The number of rotatable bonds is 2. The van der Waals surface area contributed by atoms with Gasteiger partial charge in [-0.2, -0.15) is 0 Å². The summed E-state index contributed by atoms with van der Waals surface area (Å²) in [5.74, 6) is 1.76. The Kier molecular flexibility index (Phi) is 3.42. The first-order valence-corrected chi connectivity index (χ1v) is 10.1. The number of H-pyrrole nitrogens is 1. The van der Waals surface area contributed by atoms with Crippen LogP contribution in [0.1, 0.15) is 30.3 Å². The van der Waals surface area contributed by atoms with Crippen LogP contribution in [0.5, 0.6) is 5.88 Å². The molecule has 0 radical (unpaired) electrons. The fraction of sp³-hybridized carbons (Fsp3) is 0.261. The Balaban J connectivity index is 1.40. The minimum absolute atomic E-state index is 0.0842. The number of hydrogen-bond acceptors (Lipinski definition) is 5. The standard InChI is InChI=1S/C23H21N5O2/c1-12-9-23(12)11-27-20-13(2)17(10-26-22(20)30-23)14-3-4-18-15(7-14)16(21(29)28-18)8-19-24-5-6-25-19/h3-8,10,12,27H,9,11H2,1-2H3,(H,24,25)(H,28,29)/b16-8-. The average molecular weight is 399 g/mol. The van der Waals surface area contributed by atoms with Crippen molar-refractivity contribution in [1.29, 1.82) is 0 Å². The molecule has 1 aromatic carbocycles. The molecule has 4 heterocycles. The van der Waals surface area contributed by atoms with Crippen molar-refractivity contribution in [2.75, 3.05) is 17.2 Å².